The summed E-state index contributed by atoms with van der Waals surface area (Å²) in [5.41, 5.74) is 3.15. The van der Waals surface area contributed by atoms with Crippen molar-refractivity contribution in [2.24, 2.45) is 0 Å². The van der Waals surface area contributed by atoms with Crippen molar-refractivity contribution in [3.63, 3.8) is 0 Å². The van der Waals surface area contributed by atoms with Crippen LogP contribution in [0.5, 0.6) is 0 Å². The van der Waals surface area contributed by atoms with Crippen LogP contribution in [0.25, 0.3) is 11.3 Å². The highest BCUT2D eigenvalue weighted by atomic mass is 35.5. The third kappa shape index (κ3) is 4.84. The second-order valence-electron chi connectivity index (χ2n) is 6.75. The second kappa shape index (κ2) is 8.92. The van der Waals surface area contributed by atoms with Gasteiger partial charge in [-0.2, -0.15) is 0 Å². The SMILES string of the molecule is Cc1ccc(CN(C)C(=O)COC(=O)c2c(-c3ccccc3Cl)noc2C)cc1. The summed E-state index contributed by atoms with van der Waals surface area (Å²) in [6.45, 7) is 3.65. The molecular formula is C22H21ClN2O4. The Morgan fingerprint density at radius 3 is 2.48 bits per heavy atom. The molecule has 0 aliphatic heterocycles. The van der Waals surface area contributed by atoms with Gasteiger partial charge in [-0.15, -0.1) is 0 Å². The lowest BCUT2D eigenvalue weighted by atomic mass is 10.1. The molecule has 3 aromatic rings. The van der Waals surface area contributed by atoms with Crippen molar-refractivity contribution in [1.29, 1.82) is 0 Å². The Morgan fingerprint density at radius 2 is 1.79 bits per heavy atom. The number of amides is 1. The van der Waals surface area contributed by atoms with Crippen molar-refractivity contribution in [1.82, 2.24) is 10.1 Å². The maximum absolute atomic E-state index is 12.6. The van der Waals surface area contributed by atoms with Crippen molar-refractivity contribution in [2.75, 3.05) is 13.7 Å². The van der Waals surface area contributed by atoms with Crippen LogP contribution < -0.4 is 0 Å². The van der Waals surface area contributed by atoms with Gasteiger partial charge in [0, 0.05) is 19.2 Å². The lowest BCUT2D eigenvalue weighted by Gasteiger charge is -2.17. The number of esters is 1. The van der Waals surface area contributed by atoms with Gasteiger partial charge in [-0.25, -0.2) is 4.79 Å². The highest BCUT2D eigenvalue weighted by molar-refractivity contribution is 6.33. The molecule has 0 aliphatic carbocycles. The van der Waals surface area contributed by atoms with E-state index in [1.54, 1.807) is 38.2 Å². The van der Waals surface area contributed by atoms with E-state index in [0.29, 0.717) is 28.6 Å². The predicted molar refractivity (Wildman–Crippen MR) is 110 cm³/mol. The standard InChI is InChI=1S/C22H21ClN2O4/c1-14-8-10-16(11-9-14)12-25(3)19(26)13-28-22(27)20-15(2)29-24-21(20)17-6-4-5-7-18(17)23/h4-11H,12-13H2,1-3H3. The molecule has 0 atom stereocenters. The number of benzene rings is 2. The van der Waals surface area contributed by atoms with E-state index in [0.717, 1.165) is 11.1 Å². The summed E-state index contributed by atoms with van der Waals surface area (Å²) >= 11 is 6.21. The van der Waals surface area contributed by atoms with Gasteiger partial charge in [0.2, 0.25) is 0 Å². The van der Waals surface area contributed by atoms with Gasteiger partial charge >= 0.3 is 5.97 Å². The lowest BCUT2D eigenvalue weighted by molar-refractivity contribution is -0.133. The van der Waals surface area contributed by atoms with Crippen molar-refractivity contribution in [2.45, 2.75) is 20.4 Å². The van der Waals surface area contributed by atoms with Crippen LogP contribution in [0.2, 0.25) is 5.02 Å². The van der Waals surface area contributed by atoms with E-state index in [2.05, 4.69) is 5.16 Å². The minimum atomic E-state index is -0.684. The number of carbonyl (C=O) groups excluding carboxylic acids is 2. The largest absolute Gasteiger partial charge is 0.452 e. The Labute approximate surface area is 174 Å². The fraction of sp³-hybridized carbons (Fsp3) is 0.227. The third-order valence-electron chi connectivity index (χ3n) is 4.49. The summed E-state index contributed by atoms with van der Waals surface area (Å²) in [5, 5.41) is 4.37. The first-order chi connectivity index (χ1) is 13.9. The van der Waals surface area contributed by atoms with Gasteiger partial charge in [0.1, 0.15) is 17.0 Å². The zero-order chi connectivity index (χ0) is 21.0. The minimum Gasteiger partial charge on any atom is -0.452 e. The van der Waals surface area contributed by atoms with Crippen LogP contribution in [0.3, 0.4) is 0 Å². The molecule has 0 N–H and O–H groups in total. The summed E-state index contributed by atoms with van der Waals surface area (Å²) in [6, 6.07) is 14.9. The molecule has 2 aromatic carbocycles. The molecule has 0 unspecified atom stereocenters. The van der Waals surface area contributed by atoms with Gasteiger partial charge in [-0.05, 0) is 25.5 Å². The summed E-state index contributed by atoms with van der Waals surface area (Å²) in [7, 11) is 1.66. The van der Waals surface area contributed by atoms with E-state index < -0.39 is 5.97 Å². The fourth-order valence-electron chi connectivity index (χ4n) is 2.81. The molecule has 1 aromatic heterocycles. The smallest absolute Gasteiger partial charge is 0.344 e. The molecule has 7 heteroatoms. The topological polar surface area (TPSA) is 72.6 Å². The van der Waals surface area contributed by atoms with Gasteiger partial charge in [0.15, 0.2) is 6.61 Å². The van der Waals surface area contributed by atoms with Gasteiger partial charge < -0.3 is 14.2 Å². The van der Waals surface area contributed by atoms with E-state index in [1.807, 2.05) is 31.2 Å². The maximum atomic E-state index is 12.6. The molecule has 0 spiro atoms. The molecule has 0 saturated heterocycles. The average molecular weight is 413 g/mol. The Kier molecular flexibility index (Phi) is 6.34. The first-order valence-corrected chi connectivity index (χ1v) is 9.42. The number of hydrogen-bond donors (Lipinski definition) is 0. The van der Waals surface area contributed by atoms with Crippen molar-refractivity contribution >= 4 is 23.5 Å². The molecule has 0 radical (unpaired) electrons. The van der Waals surface area contributed by atoms with Crippen LogP contribution in [-0.2, 0) is 16.1 Å². The van der Waals surface area contributed by atoms with E-state index >= 15 is 0 Å². The van der Waals surface area contributed by atoms with Crippen molar-refractivity contribution < 1.29 is 18.8 Å². The first kappa shape index (κ1) is 20.6. The van der Waals surface area contributed by atoms with Gasteiger partial charge in [0.05, 0.1) is 5.02 Å². The number of hydrogen-bond acceptors (Lipinski definition) is 5. The second-order valence-corrected chi connectivity index (χ2v) is 7.16. The number of likely N-dealkylation sites (N-methyl/N-ethyl adjacent to an activating group) is 1. The third-order valence-corrected chi connectivity index (χ3v) is 4.82. The first-order valence-electron chi connectivity index (χ1n) is 9.04. The Balaban J connectivity index is 1.66. The fourth-order valence-corrected chi connectivity index (χ4v) is 3.04. The monoisotopic (exact) mass is 412 g/mol. The van der Waals surface area contributed by atoms with Gasteiger partial charge in [0.25, 0.3) is 5.91 Å². The number of rotatable bonds is 6. The Bertz CT molecular complexity index is 1030. The number of carbonyl (C=O) groups is 2. The van der Waals surface area contributed by atoms with Crippen LogP contribution in [0.15, 0.2) is 53.1 Å². The van der Waals surface area contributed by atoms with E-state index in [1.165, 1.54) is 4.90 Å². The number of nitrogens with zero attached hydrogens (tertiary/aromatic N) is 2. The maximum Gasteiger partial charge on any atom is 0.344 e. The number of halogens is 1. The molecule has 29 heavy (non-hydrogen) atoms. The number of aryl methyl sites for hydroxylation is 2. The molecule has 1 heterocycles. The molecule has 150 valence electrons. The van der Waals surface area contributed by atoms with E-state index in [-0.39, 0.29) is 18.1 Å². The summed E-state index contributed by atoms with van der Waals surface area (Å²) < 4.78 is 10.4. The molecule has 6 nitrogen and oxygen atoms in total. The molecule has 0 saturated carbocycles. The highest BCUT2D eigenvalue weighted by Gasteiger charge is 2.25. The van der Waals surface area contributed by atoms with Crippen molar-refractivity contribution in [3.05, 3.63) is 76.0 Å². The lowest BCUT2D eigenvalue weighted by Crippen LogP contribution is -2.30. The van der Waals surface area contributed by atoms with Crippen LogP contribution >= 0.6 is 11.6 Å². The number of ether oxygens (including phenoxy) is 1. The molecule has 0 bridgehead atoms. The zero-order valence-corrected chi connectivity index (χ0v) is 17.2. The Hall–Kier alpha value is -3.12. The molecular weight excluding hydrogens is 392 g/mol. The average Bonchev–Trinajstić information content (AvgIpc) is 3.09. The number of aromatic nitrogens is 1. The minimum absolute atomic E-state index is 0.159. The van der Waals surface area contributed by atoms with E-state index in [9.17, 15) is 9.59 Å². The molecule has 0 fully saturated rings. The summed E-state index contributed by atoms with van der Waals surface area (Å²) in [5.74, 6) is -0.701. The quantitative estimate of drug-likeness (QED) is 0.560. The normalized spacial score (nSPS) is 10.6. The molecule has 1 amide bonds. The zero-order valence-electron chi connectivity index (χ0n) is 16.4. The predicted octanol–water partition coefficient (Wildman–Crippen LogP) is 4.43. The van der Waals surface area contributed by atoms with Crippen molar-refractivity contribution in [3.8, 4) is 11.3 Å². The van der Waals surface area contributed by atoms with Crippen LogP contribution in [0.1, 0.15) is 27.2 Å². The van der Waals surface area contributed by atoms with Crippen LogP contribution in [0, 0.1) is 13.8 Å². The van der Waals surface area contributed by atoms with Crippen LogP contribution in [-0.4, -0.2) is 35.6 Å². The summed E-state index contributed by atoms with van der Waals surface area (Å²) in [4.78, 5) is 26.5. The molecule has 0 aliphatic rings. The van der Waals surface area contributed by atoms with E-state index in [4.69, 9.17) is 20.9 Å². The summed E-state index contributed by atoms with van der Waals surface area (Å²) in [6.07, 6.45) is 0. The highest BCUT2D eigenvalue weighted by Crippen LogP contribution is 2.31. The molecule has 3 rings (SSSR count). The van der Waals surface area contributed by atoms with Gasteiger partial charge in [-0.1, -0.05) is 64.8 Å². The Morgan fingerprint density at radius 1 is 1.10 bits per heavy atom. The van der Waals surface area contributed by atoms with Gasteiger partial charge in [-0.3, -0.25) is 4.79 Å². The van der Waals surface area contributed by atoms with Crippen LogP contribution in [0.4, 0.5) is 0 Å².